The Morgan fingerprint density at radius 3 is 1.40 bits per heavy atom. The summed E-state index contributed by atoms with van der Waals surface area (Å²) in [5.41, 5.74) is -4.20. The van der Waals surface area contributed by atoms with E-state index in [1.165, 1.54) is 12.2 Å². The molecule has 0 radical (unpaired) electrons. The molecule has 10 heteroatoms. The zero-order valence-electron chi connectivity index (χ0n) is 24.3. The number of carbonyl (C=O) groups excluding carboxylic acids is 4. The molecule has 0 amide bonds. The Bertz CT molecular complexity index is 1100. The first-order valence-corrected chi connectivity index (χ1v) is 14.1. The fraction of sp³-hybridized carbons (Fsp3) is 0.733. The summed E-state index contributed by atoms with van der Waals surface area (Å²) in [5, 5.41) is 0. The van der Waals surface area contributed by atoms with Crippen LogP contribution in [0.2, 0.25) is 0 Å². The van der Waals surface area contributed by atoms with Crippen molar-refractivity contribution in [3.05, 3.63) is 23.7 Å². The molecular weight excluding hydrogens is 520 g/mol. The van der Waals surface area contributed by atoms with Crippen molar-refractivity contribution in [1.82, 2.24) is 0 Å². The molecule has 0 bridgehead atoms. The first kappa shape index (κ1) is 28.5. The zero-order chi connectivity index (χ0) is 29.1. The monoisotopic (exact) mass is 560 g/mol. The number of cyclic esters (lactones) is 2. The van der Waals surface area contributed by atoms with Crippen molar-refractivity contribution in [3.8, 4) is 0 Å². The molecule has 5 rings (SSSR count). The topological polar surface area (TPSA) is 124 Å². The van der Waals surface area contributed by atoms with Crippen LogP contribution in [0.1, 0.15) is 73.6 Å². The van der Waals surface area contributed by atoms with Crippen molar-refractivity contribution in [2.24, 2.45) is 28.1 Å². The quantitative estimate of drug-likeness (QED) is 0.319. The van der Waals surface area contributed by atoms with E-state index in [0.717, 1.165) is 6.42 Å². The van der Waals surface area contributed by atoms with Gasteiger partial charge in [0.2, 0.25) is 0 Å². The second kappa shape index (κ2) is 9.52. The molecule has 0 aromatic carbocycles. The predicted molar refractivity (Wildman–Crippen MR) is 139 cm³/mol. The highest BCUT2D eigenvalue weighted by Gasteiger charge is 2.70. The Kier molecular flexibility index (Phi) is 6.78. The fourth-order valence-electron chi connectivity index (χ4n) is 7.57. The summed E-state index contributed by atoms with van der Waals surface area (Å²) in [6, 6.07) is 0. The maximum Gasteiger partial charge on any atom is 0.334 e. The summed E-state index contributed by atoms with van der Waals surface area (Å²) in [6.45, 7) is 11.7. The Hall–Kier alpha value is -3.04. The lowest BCUT2D eigenvalue weighted by atomic mass is 9.51. The minimum absolute atomic E-state index is 0.0293. The summed E-state index contributed by atoms with van der Waals surface area (Å²) < 4.78 is 34.9. The van der Waals surface area contributed by atoms with E-state index in [2.05, 4.69) is 0 Å². The summed E-state index contributed by atoms with van der Waals surface area (Å²) >= 11 is 0. The summed E-state index contributed by atoms with van der Waals surface area (Å²) in [7, 11) is 0. The van der Waals surface area contributed by atoms with Gasteiger partial charge in [0.25, 0.3) is 0 Å². The predicted octanol–water partition coefficient (Wildman–Crippen LogP) is 3.77. The molecular formula is C30H40O10. The molecule has 0 aromatic rings. The number of ether oxygens (including phenoxy) is 6. The van der Waals surface area contributed by atoms with Gasteiger partial charge in [0, 0.05) is 18.3 Å². The summed E-state index contributed by atoms with van der Waals surface area (Å²) in [4.78, 5) is 51.3. The third-order valence-electron chi connectivity index (χ3n) is 9.14. The van der Waals surface area contributed by atoms with Crippen LogP contribution < -0.4 is 0 Å². The second-order valence-corrected chi connectivity index (χ2v) is 13.7. The molecule has 1 saturated heterocycles. The van der Waals surface area contributed by atoms with E-state index in [1.807, 2.05) is 41.5 Å². The largest absolute Gasteiger partial charge is 0.497 e. The minimum atomic E-state index is -0.923. The Labute approximate surface area is 234 Å². The summed E-state index contributed by atoms with van der Waals surface area (Å²) in [6.07, 6.45) is 5.46. The van der Waals surface area contributed by atoms with Gasteiger partial charge in [-0.05, 0) is 47.0 Å². The van der Waals surface area contributed by atoms with Gasteiger partial charge in [-0.15, -0.1) is 0 Å². The molecule has 10 nitrogen and oxygen atoms in total. The van der Waals surface area contributed by atoms with Gasteiger partial charge in [-0.2, -0.15) is 0 Å². The Balaban J connectivity index is 1.36. The van der Waals surface area contributed by atoms with Gasteiger partial charge in [-0.3, -0.25) is 9.59 Å². The maximum atomic E-state index is 13.4. The van der Waals surface area contributed by atoms with E-state index >= 15 is 0 Å². The van der Waals surface area contributed by atoms with E-state index in [4.69, 9.17) is 28.4 Å². The molecule has 3 fully saturated rings. The molecule has 3 heterocycles. The normalized spacial score (nSPS) is 41.6. The van der Waals surface area contributed by atoms with Gasteiger partial charge in [0.15, 0.2) is 0 Å². The fourth-order valence-corrected chi connectivity index (χ4v) is 7.57. The maximum absolute atomic E-state index is 13.4. The van der Waals surface area contributed by atoms with Gasteiger partial charge in [-0.25, -0.2) is 9.59 Å². The van der Waals surface area contributed by atoms with Crippen molar-refractivity contribution in [1.29, 1.82) is 0 Å². The molecule has 0 spiro atoms. The third kappa shape index (κ3) is 4.67. The first-order valence-electron chi connectivity index (χ1n) is 14.1. The molecule has 2 saturated carbocycles. The van der Waals surface area contributed by atoms with E-state index in [9.17, 15) is 19.2 Å². The Morgan fingerprint density at radius 1 is 0.600 bits per heavy atom. The van der Waals surface area contributed by atoms with Crippen molar-refractivity contribution in [2.75, 3.05) is 26.4 Å². The number of esters is 4. The van der Waals surface area contributed by atoms with Crippen LogP contribution in [0.3, 0.4) is 0 Å². The lowest BCUT2D eigenvalue weighted by Crippen LogP contribution is -2.66. The highest BCUT2D eigenvalue weighted by Crippen LogP contribution is 2.62. The van der Waals surface area contributed by atoms with Gasteiger partial charge in [0.05, 0.1) is 61.2 Å². The van der Waals surface area contributed by atoms with E-state index in [0.29, 0.717) is 50.4 Å². The van der Waals surface area contributed by atoms with Gasteiger partial charge >= 0.3 is 23.9 Å². The van der Waals surface area contributed by atoms with Crippen LogP contribution in [0.4, 0.5) is 0 Å². The highest BCUT2D eigenvalue weighted by atomic mass is 16.6. The zero-order valence-corrected chi connectivity index (χ0v) is 24.3. The van der Waals surface area contributed by atoms with Crippen LogP contribution in [-0.4, -0.2) is 61.5 Å². The van der Waals surface area contributed by atoms with Crippen LogP contribution in [0, 0.1) is 28.1 Å². The van der Waals surface area contributed by atoms with Gasteiger partial charge < -0.3 is 28.4 Å². The number of carbonyl (C=O) groups is 4. The van der Waals surface area contributed by atoms with E-state index < -0.39 is 63.2 Å². The second-order valence-electron chi connectivity index (χ2n) is 13.7. The van der Waals surface area contributed by atoms with Crippen LogP contribution in [-0.2, 0) is 47.6 Å². The highest BCUT2D eigenvalue weighted by molar-refractivity contribution is 5.88. The van der Waals surface area contributed by atoms with Crippen molar-refractivity contribution >= 4 is 23.9 Å². The molecule has 0 N–H and O–H groups in total. The standard InChI is InChI=1S/C30H40O10/c1-26(2)16-37-24(33)27(3)14-29(5)22(27)18(12-20(31)39-29)35-10-8-7-9-11-36-19-13-21(32)40-30(6)15-28(4,23(19)30)25(34)38-17-26/h12-13,22-23H,7-11,14-17H2,1-6H3/t22-,23-,27+,28+,29+,30+/m1/s1. The first-order chi connectivity index (χ1) is 18.6. The van der Waals surface area contributed by atoms with Crippen LogP contribution in [0.15, 0.2) is 23.7 Å². The van der Waals surface area contributed by atoms with Crippen molar-refractivity contribution in [3.63, 3.8) is 0 Å². The van der Waals surface area contributed by atoms with Gasteiger partial charge in [0.1, 0.15) is 22.7 Å². The Morgan fingerprint density at radius 2 is 1.00 bits per heavy atom. The van der Waals surface area contributed by atoms with E-state index in [1.54, 1.807) is 0 Å². The number of hydrogen-bond donors (Lipinski definition) is 0. The van der Waals surface area contributed by atoms with Crippen LogP contribution in [0.25, 0.3) is 0 Å². The molecule has 6 atom stereocenters. The van der Waals surface area contributed by atoms with Crippen LogP contribution >= 0.6 is 0 Å². The van der Waals surface area contributed by atoms with Crippen LogP contribution in [0.5, 0.6) is 0 Å². The smallest absolute Gasteiger partial charge is 0.334 e. The molecule has 0 unspecified atom stereocenters. The molecule has 0 aromatic heterocycles. The lowest BCUT2D eigenvalue weighted by Gasteiger charge is -2.58. The van der Waals surface area contributed by atoms with E-state index in [-0.39, 0.29) is 13.2 Å². The molecule has 40 heavy (non-hydrogen) atoms. The van der Waals surface area contributed by atoms with Crippen molar-refractivity contribution < 1.29 is 47.6 Å². The molecule has 220 valence electrons. The SMILES string of the molecule is CC1(C)COC(=O)[C@@]2(C)C[C@]3(C)OC(=O)C=C(OCCCCCOC4=CC(=O)O[C@@]5(C)C[C@](C)(C(=O)OC1)[C@@H]45)[C@@H]32. The number of hydrogen-bond acceptors (Lipinski definition) is 10. The number of rotatable bonds is 0. The average molecular weight is 561 g/mol. The van der Waals surface area contributed by atoms with Gasteiger partial charge in [-0.1, -0.05) is 13.8 Å². The lowest BCUT2D eigenvalue weighted by molar-refractivity contribution is -0.229. The average Bonchev–Trinajstić information content (AvgIpc) is 2.82. The summed E-state index contributed by atoms with van der Waals surface area (Å²) in [5.74, 6) is -1.81. The molecule has 2 aliphatic carbocycles. The molecule has 3 aliphatic heterocycles. The van der Waals surface area contributed by atoms with Crippen molar-refractivity contribution in [2.45, 2.75) is 84.8 Å². The third-order valence-corrected chi connectivity index (χ3v) is 9.14. The molecule has 5 aliphatic rings. The minimum Gasteiger partial charge on any atom is -0.497 e.